The van der Waals surface area contributed by atoms with Crippen LogP contribution in [0.15, 0.2) is 54.3 Å². The molecule has 0 spiro atoms. The molecule has 0 heterocycles. The summed E-state index contributed by atoms with van der Waals surface area (Å²) in [6.07, 6.45) is 4.79. The van der Waals surface area contributed by atoms with E-state index in [9.17, 15) is 5.11 Å². The molecule has 1 rings (SSSR count). The van der Waals surface area contributed by atoms with Crippen LogP contribution in [0.4, 0.5) is 0 Å². The van der Waals surface area contributed by atoms with Gasteiger partial charge >= 0.3 is 0 Å². The molecular weight excluding hydrogens is 294 g/mol. The van der Waals surface area contributed by atoms with Gasteiger partial charge in [0.25, 0.3) is 0 Å². The summed E-state index contributed by atoms with van der Waals surface area (Å²) in [5.74, 6) is 0.480. The van der Waals surface area contributed by atoms with Crippen LogP contribution in [-0.2, 0) is 6.42 Å². The lowest BCUT2D eigenvalue weighted by molar-refractivity contribution is 0.428. The van der Waals surface area contributed by atoms with Crippen LogP contribution in [0.5, 0.6) is 0 Å². The molecule has 0 aliphatic rings. The van der Waals surface area contributed by atoms with E-state index in [4.69, 9.17) is 5.73 Å². The number of aliphatic hydroxyl groups is 1. The average molecular weight is 325 g/mol. The molecule has 0 aliphatic heterocycles. The molecule has 0 aromatic heterocycles. The maximum atomic E-state index is 9.69. The smallest absolute Gasteiger partial charge is 0.115 e. The van der Waals surface area contributed by atoms with E-state index in [0.717, 1.165) is 17.6 Å². The van der Waals surface area contributed by atoms with Crippen molar-refractivity contribution in [2.24, 2.45) is 11.7 Å². The van der Waals surface area contributed by atoms with Gasteiger partial charge in [-0.25, -0.2) is 0 Å². The predicted octanol–water partition coefficient (Wildman–Crippen LogP) is 5.42. The van der Waals surface area contributed by atoms with E-state index in [1.54, 1.807) is 0 Å². The second kappa shape index (κ2) is 8.70. The first-order valence-corrected chi connectivity index (χ1v) is 8.43. The SMILES string of the molecule is C=C(O)/C(=C/C)C(=C)/C=C(\C)c1cc(C)c(C)cc1CC(C)CN. The zero-order chi connectivity index (χ0) is 18.4. The molecule has 24 heavy (non-hydrogen) atoms. The highest BCUT2D eigenvalue weighted by Crippen LogP contribution is 2.28. The number of benzene rings is 1. The van der Waals surface area contributed by atoms with Crippen LogP contribution in [0.3, 0.4) is 0 Å². The standard InChI is InChI=1S/C22H31NO/c1-8-21(19(7)24)17(5)10-18(6)22-12-16(4)15(3)11-20(22)9-14(2)13-23/h8,10-12,14,24H,5,7,9,13,23H2,1-4,6H3/b18-10+,21-8+. The lowest BCUT2D eigenvalue weighted by Gasteiger charge is -2.17. The van der Waals surface area contributed by atoms with Gasteiger partial charge in [-0.05, 0) is 80.0 Å². The number of nitrogens with two attached hydrogens (primary N) is 1. The van der Waals surface area contributed by atoms with E-state index in [1.165, 1.54) is 22.3 Å². The lowest BCUT2D eigenvalue weighted by Crippen LogP contribution is -2.14. The highest BCUT2D eigenvalue weighted by atomic mass is 16.3. The minimum atomic E-state index is 0.0450. The Morgan fingerprint density at radius 1 is 1.25 bits per heavy atom. The molecule has 0 saturated carbocycles. The first-order chi connectivity index (χ1) is 11.2. The second-order valence-electron chi connectivity index (χ2n) is 6.64. The minimum Gasteiger partial charge on any atom is -0.508 e. The van der Waals surface area contributed by atoms with Crippen LogP contribution >= 0.6 is 0 Å². The van der Waals surface area contributed by atoms with E-state index in [0.29, 0.717) is 18.0 Å². The largest absolute Gasteiger partial charge is 0.508 e. The van der Waals surface area contributed by atoms with Crippen molar-refractivity contribution in [1.29, 1.82) is 0 Å². The molecule has 0 radical (unpaired) electrons. The molecule has 1 aromatic carbocycles. The summed E-state index contributed by atoms with van der Waals surface area (Å²) >= 11 is 0. The van der Waals surface area contributed by atoms with Crippen molar-refractivity contribution in [3.8, 4) is 0 Å². The molecule has 1 unspecified atom stereocenters. The fourth-order valence-corrected chi connectivity index (χ4v) is 2.82. The van der Waals surface area contributed by atoms with Crippen molar-refractivity contribution in [3.63, 3.8) is 0 Å². The van der Waals surface area contributed by atoms with Gasteiger partial charge in [0, 0.05) is 5.57 Å². The first kappa shape index (κ1) is 20.0. The van der Waals surface area contributed by atoms with Crippen molar-refractivity contribution in [2.75, 3.05) is 6.54 Å². The molecule has 0 fully saturated rings. The van der Waals surface area contributed by atoms with Gasteiger partial charge in [0.15, 0.2) is 0 Å². The zero-order valence-electron chi connectivity index (χ0n) is 15.7. The third-order valence-electron chi connectivity index (χ3n) is 4.45. The van der Waals surface area contributed by atoms with Crippen LogP contribution in [-0.4, -0.2) is 11.7 Å². The zero-order valence-corrected chi connectivity index (χ0v) is 15.7. The van der Waals surface area contributed by atoms with Crippen LogP contribution in [0, 0.1) is 19.8 Å². The van der Waals surface area contributed by atoms with E-state index < -0.39 is 0 Å². The molecule has 0 amide bonds. The summed E-state index contributed by atoms with van der Waals surface area (Å²) in [6.45, 7) is 18.7. The second-order valence-corrected chi connectivity index (χ2v) is 6.64. The summed E-state index contributed by atoms with van der Waals surface area (Å²) < 4.78 is 0. The fourth-order valence-electron chi connectivity index (χ4n) is 2.82. The Morgan fingerprint density at radius 3 is 2.33 bits per heavy atom. The number of aliphatic hydroxyl groups excluding tert-OH is 1. The highest BCUT2D eigenvalue weighted by molar-refractivity contribution is 5.72. The average Bonchev–Trinajstić information content (AvgIpc) is 2.50. The minimum absolute atomic E-state index is 0.0450. The Hall–Kier alpha value is -2.06. The maximum absolute atomic E-state index is 9.69. The lowest BCUT2D eigenvalue weighted by atomic mass is 9.89. The normalized spacial score (nSPS) is 13.8. The Balaban J connectivity index is 3.33. The highest BCUT2D eigenvalue weighted by Gasteiger charge is 2.11. The number of rotatable bonds is 7. The topological polar surface area (TPSA) is 46.2 Å². The van der Waals surface area contributed by atoms with Crippen molar-refractivity contribution < 1.29 is 5.11 Å². The molecule has 130 valence electrons. The molecule has 1 atom stereocenters. The Labute approximate surface area is 147 Å². The van der Waals surface area contributed by atoms with Gasteiger partial charge in [0.2, 0.25) is 0 Å². The molecule has 0 bridgehead atoms. The molecule has 2 heteroatoms. The summed E-state index contributed by atoms with van der Waals surface area (Å²) in [5.41, 5.74) is 13.5. The van der Waals surface area contributed by atoms with Gasteiger partial charge in [-0.2, -0.15) is 0 Å². The van der Waals surface area contributed by atoms with E-state index in [-0.39, 0.29) is 5.76 Å². The first-order valence-electron chi connectivity index (χ1n) is 8.43. The molecule has 0 saturated heterocycles. The van der Waals surface area contributed by atoms with E-state index in [2.05, 4.69) is 53.0 Å². The molecule has 3 N–H and O–H groups in total. The van der Waals surface area contributed by atoms with Crippen LogP contribution in [0.2, 0.25) is 0 Å². The number of allylic oxidation sites excluding steroid dienone is 4. The van der Waals surface area contributed by atoms with E-state index in [1.807, 2.05) is 19.1 Å². The quantitative estimate of drug-likeness (QED) is 0.519. The number of aryl methyl sites for hydroxylation is 2. The van der Waals surface area contributed by atoms with Crippen molar-refractivity contribution in [1.82, 2.24) is 0 Å². The monoisotopic (exact) mass is 325 g/mol. The Bertz CT molecular complexity index is 692. The van der Waals surface area contributed by atoms with Crippen molar-refractivity contribution in [2.45, 2.75) is 41.0 Å². The Kier molecular flexibility index (Phi) is 7.24. The van der Waals surface area contributed by atoms with Gasteiger partial charge in [0.1, 0.15) is 5.76 Å². The van der Waals surface area contributed by atoms with Gasteiger partial charge in [-0.1, -0.05) is 44.4 Å². The van der Waals surface area contributed by atoms with Gasteiger partial charge in [-0.3, -0.25) is 0 Å². The van der Waals surface area contributed by atoms with Crippen LogP contribution in [0.25, 0.3) is 5.57 Å². The van der Waals surface area contributed by atoms with Crippen LogP contribution in [0.1, 0.15) is 43.0 Å². The van der Waals surface area contributed by atoms with Gasteiger partial charge in [0.05, 0.1) is 0 Å². The molecule has 2 nitrogen and oxygen atoms in total. The summed E-state index contributed by atoms with van der Waals surface area (Å²) in [5, 5.41) is 9.69. The number of hydrogen-bond donors (Lipinski definition) is 2. The van der Waals surface area contributed by atoms with Crippen molar-refractivity contribution >= 4 is 5.57 Å². The third-order valence-corrected chi connectivity index (χ3v) is 4.45. The molecule has 1 aromatic rings. The summed E-state index contributed by atoms with van der Waals surface area (Å²) in [6, 6.07) is 4.49. The number of hydrogen-bond acceptors (Lipinski definition) is 2. The molecule has 0 aliphatic carbocycles. The van der Waals surface area contributed by atoms with Gasteiger partial charge in [-0.15, -0.1) is 0 Å². The maximum Gasteiger partial charge on any atom is 0.115 e. The van der Waals surface area contributed by atoms with E-state index >= 15 is 0 Å². The van der Waals surface area contributed by atoms with Gasteiger partial charge < -0.3 is 10.8 Å². The predicted molar refractivity (Wildman–Crippen MR) is 106 cm³/mol. The third kappa shape index (κ3) is 4.97. The molecular formula is C22H31NO. The van der Waals surface area contributed by atoms with Crippen LogP contribution < -0.4 is 5.73 Å². The summed E-state index contributed by atoms with van der Waals surface area (Å²) in [7, 11) is 0. The Morgan fingerprint density at radius 2 is 1.83 bits per heavy atom. The van der Waals surface area contributed by atoms with Crippen molar-refractivity contribution in [3.05, 3.63) is 76.6 Å². The summed E-state index contributed by atoms with van der Waals surface area (Å²) in [4.78, 5) is 0. The fraction of sp³-hybridized carbons (Fsp3) is 0.364.